The Balaban J connectivity index is 1.80. The molecule has 0 fully saturated rings. The average Bonchev–Trinajstić information content (AvgIpc) is 2.66. The first-order chi connectivity index (χ1) is 13.3. The lowest BCUT2D eigenvalue weighted by atomic mass is 9.98. The molecular weight excluding hydrogens is 379 g/mol. The van der Waals surface area contributed by atoms with Crippen molar-refractivity contribution in [2.45, 2.75) is 44.4 Å². The first-order valence-electron chi connectivity index (χ1n) is 9.15. The van der Waals surface area contributed by atoms with E-state index in [9.17, 15) is 17.6 Å². The van der Waals surface area contributed by atoms with Crippen LogP contribution in [0, 0.1) is 12.7 Å². The Labute approximate surface area is 164 Å². The lowest BCUT2D eigenvalue weighted by Gasteiger charge is -2.19. The Hall–Kier alpha value is -2.67. The smallest absolute Gasteiger partial charge is 0.261 e. The second-order valence-corrected chi connectivity index (χ2v) is 8.70. The summed E-state index contributed by atoms with van der Waals surface area (Å²) in [5.41, 5.74) is 2.85. The van der Waals surface area contributed by atoms with Gasteiger partial charge in [0.2, 0.25) is 0 Å². The molecule has 0 radical (unpaired) electrons. The molecule has 2 N–H and O–H groups in total. The lowest BCUT2D eigenvalue weighted by molar-refractivity contribution is 0.102. The van der Waals surface area contributed by atoms with Gasteiger partial charge in [0.15, 0.2) is 0 Å². The van der Waals surface area contributed by atoms with Gasteiger partial charge in [-0.05, 0) is 81.5 Å². The van der Waals surface area contributed by atoms with E-state index in [2.05, 4.69) is 10.0 Å². The van der Waals surface area contributed by atoms with Crippen LogP contribution < -0.4 is 10.0 Å². The summed E-state index contributed by atoms with van der Waals surface area (Å²) in [5, 5.41) is 2.66. The molecular formula is C21H23FN2O3S. The molecule has 0 spiro atoms. The third-order valence-electron chi connectivity index (χ3n) is 4.82. The highest BCUT2D eigenvalue weighted by Gasteiger charge is 2.20. The predicted molar refractivity (Wildman–Crippen MR) is 107 cm³/mol. The fourth-order valence-corrected chi connectivity index (χ4v) is 4.40. The highest BCUT2D eigenvalue weighted by Crippen LogP contribution is 2.24. The van der Waals surface area contributed by atoms with E-state index in [0.717, 1.165) is 30.5 Å². The molecule has 0 bridgehead atoms. The van der Waals surface area contributed by atoms with E-state index in [1.165, 1.54) is 42.5 Å². The van der Waals surface area contributed by atoms with Crippen LogP contribution in [0.4, 0.5) is 10.1 Å². The van der Waals surface area contributed by atoms with Crippen molar-refractivity contribution >= 4 is 21.6 Å². The fourth-order valence-electron chi connectivity index (χ4n) is 3.15. The Kier molecular flexibility index (Phi) is 5.84. The van der Waals surface area contributed by atoms with Gasteiger partial charge in [-0.3, -0.25) is 9.52 Å². The van der Waals surface area contributed by atoms with E-state index in [0.29, 0.717) is 17.7 Å². The zero-order valence-electron chi connectivity index (χ0n) is 15.9. The largest absolute Gasteiger partial charge is 0.322 e. The van der Waals surface area contributed by atoms with Gasteiger partial charge in [-0.1, -0.05) is 11.6 Å². The van der Waals surface area contributed by atoms with Crippen molar-refractivity contribution in [2.75, 3.05) is 5.32 Å². The van der Waals surface area contributed by atoms with Crippen LogP contribution in [0.5, 0.6) is 0 Å². The van der Waals surface area contributed by atoms with Crippen LogP contribution in [0.3, 0.4) is 0 Å². The number of halogens is 1. The van der Waals surface area contributed by atoms with Crippen molar-refractivity contribution in [3.8, 4) is 0 Å². The van der Waals surface area contributed by atoms with Crippen LogP contribution >= 0.6 is 0 Å². The molecule has 0 saturated heterocycles. The summed E-state index contributed by atoms with van der Waals surface area (Å²) in [6.07, 6.45) is 3.61. The number of carbonyl (C=O) groups is 1. The first-order valence-corrected chi connectivity index (χ1v) is 10.6. The highest BCUT2D eigenvalue weighted by molar-refractivity contribution is 7.89. The molecule has 0 atom stereocenters. The number of hydrogen-bond acceptors (Lipinski definition) is 3. The van der Waals surface area contributed by atoms with Crippen molar-refractivity contribution in [1.29, 1.82) is 0 Å². The van der Waals surface area contributed by atoms with Gasteiger partial charge in [-0.2, -0.15) is 0 Å². The number of allylic oxidation sites excluding steroid dienone is 2. The van der Waals surface area contributed by atoms with Gasteiger partial charge >= 0.3 is 0 Å². The van der Waals surface area contributed by atoms with Crippen LogP contribution in [0.2, 0.25) is 0 Å². The monoisotopic (exact) mass is 402 g/mol. The second kappa shape index (κ2) is 8.14. The summed E-state index contributed by atoms with van der Waals surface area (Å²) in [5.74, 6) is -0.819. The number of anilines is 1. The summed E-state index contributed by atoms with van der Waals surface area (Å²) in [6.45, 7) is 3.54. The number of rotatable bonds is 5. The van der Waals surface area contributed by atoms with Crippen LogP contribution in [-0.2, 0) is 10.0 Å². The second-order valence-electron chi connectivity index (χ2n) is 7.02. The molecule has 2 aromatic rings. The molecule has 0 unspecified atom stereocenters. The number of nitrogens with one attached hydrogen (secondary N) is 2. The van der Waals surface area contributed by atoms with Gasteiger partial charge < -0.3 is 5.32 Å². The molecule has 0 heterocycles. The quantitative estimate of drug-likeness (QED) is 0.772. The number of sulfonamides is 1. The minimum absolute atomic E-state index is 0.0290. The summed E-state index contributed by atoms with van der Waals surface area (Å²) >= 11 is 0. The minimum Gasteiger partial charge on any atom is -0.322 e. The molecule has 2 aromatic carbocycles. The van der Waals surface area contributed by atoms with Gasteiger partial charge in [-0.15, -0.1) is 0 Å². The van der Waals surface area contributed by atoms with Crippen molar-refractivity contribution in [1.82, 2.24) is 4.72 Å². The van der Waals surface area contributed by atoms with Crippen LogP contribution in [0.25, 0.3) is 0 Å². The molecule has 0 aromatic heterocycles. The van der Waals surface area contributed by atoms with Crippen LogP contribution in [-0.4, -0.2) is 14.3 Å². The maximum Gasteiger partial charge on any atom is 0.261 e. The third kappa shape index (κ3) is 4.59. The number of carbonyl (C=O) groups excluding carboxylic acids is 1. The number of aryl methyl sites for hydroxylation is 1. The molecule has 3 rings (SSSR count). The molecule has 1 amide bonds. The van der Waals surface area contributed by atoms with E-state index in [-0.39, 0.29) is 16.3 Å². The van der Waals surface area contributed by atoms with Gasteiger partial charge in [0.25, 0.3) is 15.9 Å². The molecule has 5 nitrogen and oxygen atoms in total. The molecule has 0 aliphatic heterocycles. The molecule has 28 heavy (non-hydrogen) atoms. The van der Waals surface area contributed by atoms with E-state index in [1.807, 2.05) is 6.92 Å². The summed E-state index contributed by atoms with van der Waals surface area (Å²) in [6, 6.07) is 10.1. The molecule has 1 aliphatic rings. The average molecular weight is 402 g/mol. The Bertz CT molecular complexity index is 1050. The fraction of sp³-hybridized carbons (Fsp3) is 0.286. The number of benzene rings is 2. The van der Waals surface area contributed by atoms with Gasteiger partial charge in [0, 0.05) is 16.9 Å². The normalized spacial score (nSPS) is 14.7. The Morgan fingerprint density at radius 1 is 1.04 bits per heavy atom. The van der Waals surface area contributed by atoms with Gasteiger partial charge in [-0.25, -0.2) is 12.8 Å². The van der Waals surface area contributed by atoms with E-state index < -0.39 is 15.9 Å². The third-order valence-corrected chi connectivity index (χ3v) is 6.21. The Morgan fingerprint density at radius 3 is 2.50 bits per heavy atom. The summed E-state index contributed by atoms with van der Waals surface area (Å²) in [4.78, 5) is 12.5. The maximum atomic E-state index is 13.4. The standard InChI is InChI=1S/C21H23FN2O3S/c1-14-6-3-4-9-20(14)24-28(26,27)18-8-5-7-16(13-18)21(25)23-17-10-11-19(22)15(2)12-17/h5,7-8,10-13,24H,3-4,6,9H2,1-2H3,(H,23,25). The van der Waals surface area contributed by atoms with Crippen molar-refractivity contribution in [3.63, 3.8) is 0 Å². The molecule has 148 valence electrons. The predicted octanol–water partition coefficient (Wildman–Crippen LogP) is 4.51. The topological polar surface area (TPSA) is 75.3 Å². The first kappa shape index (κ1) is 20.1. The van der Waals surface area contributed by atoms with Crippen molar-refractivity contribution in [3.05, 3.63) is 70.7 Å². The van der Waals surface area contributed by atoms with Crippen LogP contribution in [0.15, 0.2) is 58.6 Å². The summed E-state index contributed by atoms with van der Waals surface area (Å²) < 4.78 is 41.5. The molecule has 0 saturated carbocycles. The van der Waals surface area contributed by atoms with Gasteiger partial charge in [0.1, 0.15) is 5.82 Å². The minimum atomic E-state index is -3.77. The van der Waals surface area contributed by atoms with Gasteiger partial charge in [0.05, 0.1) is 4.90 Å². The lowest BCUT2D eigenvalue weighted by Crippen LogP contribution is -2.25. The number of amides is 1. The zero-order valence-corrected chi connectivity index (χ0v) is 16.7. The number of hydrogen-bond donors (Lipinski definition) is 2. The van der Waals surface area contributed by atoms with Crippen molar-refractivity contribution < 1.29 is 17.6 Å². The van der Waals surface area contributed by atoms with Crippen LogP contribution in [0.1, 0.15) is 48.5 Å². The van der Waals surface area contributed by atoms with E-state index in [4.69, 9.17) is 0 Å². The molecule has 1 aliphatic carbocycles. The zero-order chi connectivity index (χ0) is 20.3. The SMILES string of the molecule is CC1=C(NS(=O)(=O)c2cccc(C(=O)Nc3ccc(F)c(C)c3)c2)CCCC1. The molecule has 7 heteroatoms. The Morgan fingerprint density at radius 2 is 1.79 bits per heavy atom. The maximum absolute atomic E-state index is 13.4. The van der Waals surface area contributed by atoms with Crippen molar-refractivity contribution in [2.24, 2.45) is 0 Å². The summed E-state index contributed by atoms with van der Waals surface area (Å²) in [7, 11) is -3.77. The highest BCUT2D eigenvalue weighted by atomic mass is 32.2. The van der Waals surface area contributed by atoms with E-state index in [1.54, 1.807) is 6.92 Å². The van der Waals surface area contributed by atoms with E-state index >= 15 is 0 Å².